The molecule has 0 aromatic carbocycles. The molecule has 74 valence electrons. The molecule has 0 bridgehead atoms. The van der Waals surface area contributed by atoms with E-state index in [0.717, 1.165) is 18.3 Å². The number of hydrogen-bond acceptors (Lipinski definition) is 1. The van der Waals surface area contributed by atoms with Crippen molar-refractivity contribution in [3.8, 4) is 0 Å². The van der Waals surface area contributed by atoms with Crippen LogP contribution in [0.15, 0.2) is 17.5 Å². The Hall–Kier alpha value is 0.180. The van der Waals surface area contributed by atoms with Gasteiger partial charge in [-0.1, -0.05) is 42.8 Å². The van der Waals surface area contributed by atoms with Gasteiger partial charge in [0.25, 0.3) is 0 Å². The normalized spacial score (nSPS) is 16.1. The average Bonchev–Trinajstić information content (AvgIpc) is 2.55. The van der Waals surface area contributed by atoms with Crippen LogP contribution in [0.3, 0.4) is 0 Å². The Labute approximate surface area is 93.5 Å². The van der Waals surface area contributed by atoms with Gasteiger partial charge in [-0.3, -0.25) is 0 Å². The fourth-order valence-electron chi connectivity index (χ4n) is 1.22. The second-order valence-electron chi connectivity index (χ2n) is 3.90. The van der Waals surface area contributed by atoms with E-state index in [1.165, 1.54) is 4.88 Å². The van der Waals surface area contributed by atoms with E-state index in [9.17, 15) is 0 Å². The summed E-state index contributed by atoms with van der Waals surface area (Å²) in [5.41, 5.74) is 0. The summed E-state index contributed by atoms with van der Waals surface area (Å²) in [5.74, 6) is 1.49. The second kappa shape index (κ2) is 5.16. The molecule has 0 spiro atoms. The van der Waals surface area contributed by atoms with Gasteiger partial charge in [0.15, 0.2) is 0 Å². The molecule has 2 unspecified atom stereocenters. The minimum absolute atomic E-state index is 0.617. The molecule has 0 fully saturated rings. The maximum absolute atomic E-state index is 3.77. The second-order valence-corrected chi connectivity index (χ2v) is 6.11. The number of thiophene rings is 1. The van der Waals surface area contributed by atoms with Crippen molar-refractivity contribution >= 4 is 27.3 Å². The predicted octanol–water partition coefficient (Wildman–Crippen LogP) is 4.35. The average molecular weight is 261 g/mol. The van der Waals surface area contributed by atoms with Crippen molar-refractivity contribution in [1.29, 1.82) is 0 Å². The van der Waals surface area contributed by atoms with Crippen LogP contribution in [0.5, 0.6) is 0 Å². The van der Waals surface area contributed by atoms with E-state index >= 15 is 0 Å². The minimum Gasteiger partial charge on any atom is -0.149 e. The Balaban J connectivity index is 2.45. The Kier molecular flexibility index (Phi) is 4.47. The van der Waals surface area contributed by atoms with Gasteiger partial charge in [0.1, 0.15) is 0 Å². The molecule has 1 aromatic rings. The standard InChI is InChI=1S/C11H17BrS/c1-8(2)9(3)11(12)7-10-5-4-6-13-10/h4-6,8-9,11H,7H2,1-3H3. The Morgan fingerprint density at radius 1 is 1.38 bits per heavy atom. The predicted molar refractivity (Wildman–Crippen MR) is 64.7 cm³/mol. The van der Waals surface area contributed by atoms with E-state index in [4.69, 9.17) is 0 Å². The van der Waals surface area contributed by atoms with Gasteiger partial charge in [0, 0.05) is 9.70 Å². The number of alkyl halides is 1. The third-order valence-corrected chi connectivity index (χ3v) is 4.65. The summed E-state index contributed by atoms with van der Waals surface area (Å²) < 4.78 is 0. The highest BCUT2D eigenvalue weighted by Crippen LogP contribution is 2.25. The van der Waals surface area contributed by atoms with E-state index in [-0.39, 0.29) is 0 Å². The van der Waals surface area contributed by atoms with Gasteiger partial charge in [-0.25, -0.2) is 0 Å². The van der Waals surface area contributed by atoms with Crippen molar-refractivity contribution in [2.75, 3.05) is 0 Å². The molecule has 0 aliphatic rings. The summed E-state index contributed by atoms with van der Waals surface area (Å²) in [6.45, 7) is 6.89. The van der Waals surface area contributed by atoms with Crippen LogP contribution in [0.1, 0.15) is 25.6 Å². The van der Waals surface area contributed by atoms with E-state index in [1.807, 2.05) is 11.3 Å². The third kappa shape index (κ3) is 3.43. The lowest BCUT2D eigenvalue weighted by Crippen LogP contribution is -2.18. The van der Waals surface area contributed by atoms with Crippen LogP contribution < -0.4 is 0 Å². The van der Waals surface area contributed by atoms with Crippen molar-refractivity contribution in [2.24, 2.45) is 11.8 Å². The molecule has 1 heterocycles. The molecule has 0 aliphatic carbocycles. The molecule has 0 saturated carbocycles. The molecule has 13 heavy (non-hydrogen) atoms. The van der Waals surface area contributed by atoms with Gasteiger partial charge >= 0.3 is 0 Å². The third-order valence-electron chi connectivity index (χ3n) is 2.60. The highest BCUT2D eigenvalue weighted by Gasteiger charge is 2.17. The first-order chi connectivity index (χ1) is 6.11. The maximum atomic E-state index is 3.77. The fraction of sp³-hybridized carbons (Fsp3) is 0.636. The van der Waals surface area contributed by atoms with Crippen LogP contribution in [0.4, 0.5) is 0 Å². The zero-order valence-electron chi connectivity index (χ0n) is 8.46. The molecule has 0 radical (unpaired) electrons. The van der Waals surface area contributed by atoms with Gasteiger partial charge in [-0.2, -0.15) is 0 Å². The van der Waals surface area contributed by atoms with E-state index < -0.39 is 0 Å². The fourth-order valence-corrected chi connectivity index (χ4v) is 3.16. The Bertz CT molecular complexity index is 228. The highest BCUT2D eigenvalue weighted by atomic mass is 79.9. The highest BCUT2D eigenvalue weighted by molar-refractivity contribution is 9.09. The van der Waals surface area contributed by atoms with Crippen LogP contribution in [0.2, 0.25) is 0 Å². The zero-order valence-corrected chi connectivity index (χ0v) is 10.9. The van der Waals surface area contributed by atoms with Crippen LogP contribution in [-0.4, -0.2) is 4.83 Å². The molecule has 2 atom stereocenters. The Morgan fingerprint density at radius 2 is 2.08 bits per heavy atom. The van der Waals surface area contributed by atoms with Crippen molar-refractivity contribution in [3.63, 3.8) is 0 Å². The lowest BCUT2D eigenvalue weighted by atomic mass is 9.93. The molecular formula is C11H17BrS. The molecule has 1 rings (SSSR count). The maximum Gasteiger partial charge on any atom is 0.0222 e. The van der Waals surface area contributed by atoms with Crippen LogP contribution in [-0.2, 0) is 6.42 Å². The van der Waals surface area contributed by atoms with E-state index in [1.54, 1.807) is 0 Å². The summed E-state index contributed by atoms with van der Waals surface area (Å²) in [6.07, 6.45) is 1.16. The van der Waals surface area contributed by atoms with Gasteiger partial charge in [0.2, 0.25) is 0 Å². The number of rotatable bonds is 4. The summed E-state index contributed by atoms with van der Waals surface area (Å²) in [6, 6.07) is 4.34. The quantitative estimate of drug-likeness (QED) is 0.707. The number of hydrogen-bond donors (Lipinski definition) is 0. The van der Waals surface area contributed by atoms with E-state index in [0.29, 0.717) is 4.83 Å². The first-order valence-corrected chi connectivity index (χ1v) is 6.57. The molecule has 1 aromatic heterocycles. The van der Waals surface area contributed by atoms with Gasteiger partial charge < -0.3 is 0 Å². The lowest BCUT2D eigenvalue weighted by molar-refractivity contribution is 0.408. The van der Waals surface area contributed by atoms with Gasteiger partial charge in [0.05, 0.1) is 0 Å². The van der Waals surface area contributed by atoms with Gasteiger partial charge in [-0.05, 0) is 29.7 Å². The molecular weight excluding hydrogens is 244 g/mol. The minimum atomic E-state index is 0.617. The van der Waals surface area contributed by atoms with Crippen molar-refractivity contribution in [3.05, 3.63) is 22.4 Å². The summed E-state index contributed by atoms with van der Waals surface area (Å²) in [4.78, 5) is 2.10. The molecule has 0 amide bonds. The van der Waals surface area contributed by atoms with Crippen molar-refractivity contribution < 1.29 is 0 Å². The van der Waals surface area contributed by atoms with Gasteiger partial charge in [-0.15, -0.1) is 11.3 Å². The largest absolute Gasteiger partial charge is 0.149 e. The van der Waals surface area contributed by atoms with E-state index in [2.05, 4.69) is 54.2 Å². The van der Waals surface area contributed by atoms with Crippen LogP contribution in [0, 0.1) is 11.8 Å². The molecule has 0 saturated heterocycles. The number of halogens is 1. The molecule has 2 heteroatoms. The first-order valence-electron chi connectivity index (χ1n) is 4.77. The smallest absolute Gasteiger partial charge is 0.0222 e. The molecule has 0 nitrogen and oxygen atoms in total. The SMILES string of the molecule is CC(C)C(C)C(Br)Cc1cccs1. The molecule has 0 aliphatic heterocycles. The first kappa shape index (κ1) is 11.3. The van der Waals surface area contributed by atoms with Crippen molar-refractivity contribution in [2.45, 2.75) is 32.0 Å². The molecule has 0 N–H and O–H groups in total. The van der Waals surface area contributed by atoms with Crippen molar-refractivity contribution in [1.82, 2.24) is 0 Å². The summed E-state index contributed by atoms with van der Waals surface area (Å²) in [7, 11) is 0. The van der Waals surface area contributed by atoms with Crippen LogP contribution >= 0.6 is 27.3 Å². The zero-order chi connectivity index (χ0) is 9.84. The summed E-state index contributed by atoms with van der Waals surface area (Å²) >= 11 is 5.62. The lowest BCUT2D eigenvalue weighted by Gasteiger charge is -2.21. The monoisotopic (exact) mass is 260 g/mol. The Morgan fingerprint density at radius 3 is 2.54 bits per heavy atom. The summed E-state index contributed by atoms with van der Waals surface area (Å²) in [5, 5.41) is 2.15. The topological polar surface area (TPSA) is 0 Å². The van der Waals surface area contributed by atoms with Crippen LogP contribution in [0.25, 0.3) is 0 Å².